The Bertz CT molecular complexity index is 909. The highest BCUT2D eigenvalue weighted by molar-refractivity contribution is 5.92. The molecule has 0 bridgehead atoms. The first-order valence-corrected chi connectivity index (χ1v) is 9.53. The lowest BCUT2D eigenvalue weighted by atomic mass is 10.1. The second kappa shape index (κ2) is 8.40. The number of hydrogen-bond donors (Lipinski definition) is 1. The van der Waals surface area contributed by atoms with E-state index in [0.717, 1.165) is 23.8 Å². The Morgan fingerprint density at radius 1 is 1.21 bits per heavy atom. The zero-order valence-corrected chi connectivity index (χ0v) is 16.4. The van der Waals surface area contributed by atoms with Gasteiger partial charge in [-0.3, -0.25) is 14.3 Å². The third-order valence-electron chi connectivity index (χ3n) is 5.17. The summed E-state index contributed by atoms with van der Waals surface area (Å²) in [5, 5.41) is 6.35. The molecular weight excluding hydrogens is 387 g/mol. The van der Waals surface area contributed by atoms with E-state index in [1.54, 1.807) is 0 Å². The zero-order valence-electron chi connectivity index (χ0n) is 16.4. The standard InChI is InChI=1S/C19H24F3N5O2/c1-3-13-4-6-14(7-5-13)23-16(28)12-26-10-8-15(9-11-26)27-18(29)25(2)17(24-27)19(20,21)22/h4-7,15H,3,8-12H2,1-2H3,(H,23,28). The Morgan fingerprint density at radius 2 is 1.83 bits per heavy atom. The predicted octanol–water partition coefficient (Wildman–Crippen LogP) is 2.44. The van der Waals surface area contributed by atoms with Crippen LogP contribution in [0.4, 0.5) is 18.9 Å². The predicted molar refractivity (Wildman–Crippen MR) is 102 cm³/mol. The second-order valence-electron chi connectivity index (χ2n) is 7.21. The summed E-state index contributed by atoms with van der Waals surface area (Å²) in [6, 6.07) is 7.22. The molecule has 0 spiro atoms. The summed E-state index contributed by atoms with van der Waals surface area (Å²) in [7, 11) is 1.07. The molecule has 2 aromatic rings. The number of nitrogens with zero attached hydrogens (tertiary/aromatic N) is 4. The molecule has 10 heteroatoms. The Hall–Kier alpha value is -2.62. The van der Waals surface area contributed by atoms with Crippen molar-refractivity contribution in [2.75, 3.05) is 25.0 Å². The summed E-state index contributed by atoms with van der Waals surface area (Å²) in [5.74, 6) is -1.35. The van der Waals surface area contributed by atoms with Crippen molar-refractivity contribution >= 4 is 11.6 Å². The highest BCUT2D eigenvalue weighted by atomic mass is 19.4. The van der Waals surface area contributed by atoms with Crippen LogP contribution in [0.5, 0.6) is 0 Å². The normalized spacial score (nSPS) is 16.2. The van der Waals surface area contributed by atoms with E-state index in [-0.39, 0.29) is 12.5 Å². The summed E-state index contributed by atoms with van der Waals surface area (Å²) < 4.78 is 40.3. The second-order valence-corrected chi connectivity index (χ2v) is 7.21. The SMILES string of the molecule is CCc1ccc(NC(=O)CN2CCC(n3nc(C(F)(F)F)n(C)c3=O)CC2)cc1. The van der Waals surface area contributed by atoms with Gasteiger partial charge in [-0.25, -0.2) is 9.48 Å². The van der Waals surface area contributed by atoms with Gasteiger partial charge in [0.25, 0.3) is 0 Å². The molecule has 158 valence electrons. The number of piperidine rings is 1. The lowest BCUT2D eigenvalue weighted by Gasteiger charge is -2.30. The first-order chi connectivity index (χ1) is 13.7. The molecule has 1 N–H and O–H groups in total. The van der Waals surface area contributed by atoms with Gasteiger partial charge in [-0.05, 0) is 37.0 Å². The largest absolute Gasteiger partial charge is 0.451 e. The van der Waals surface area contributed by atoms with E-state index in [0.29, 0.717) is 30.5 Å². The van der Waals surface area contributed by atoms with E-state index in [4.69, 9.17) is 0 Å². The van der Waals surface area contributed by atoms with Gasteiger partial charge in [-0.2, -0.15) is 13.2 Å². The number of nitrogens with one attached hydrogen (secondary N) is 1. The first-order valence-electron chi connectivity index (χ1n) is 9.53. The van der Waals surface area contributed by atoms with E-state index >= 15 is 0 Å². The lowest BCUT2D eigenvalue weighted by Crippen LogP contribution is -2.41. The quantitative estimate of drug-likeness (QED) is 0.821. The van der Waals surface area contributed by atoms with Crippen molar-refractivity contribution in [2.24, 2.45) is 7.05 Å². The van der Waals surface area contributed by atoms with Crippen molar-refractivity contribution < 1.29 is 18.0 Å². The van der Waals surface area contributed by atoms with Crippen LogP contribution in [0.2, 0.25) is 0 Å². The molecule has 1 saturated heterocycles. The monoisotopic (exact) mass is 411 g/mol. The van der Waals surface area contributed by atoms with E-state index in [2.05, 4.69) is 17.3 Å². The van der Waals surface area contributed by atoms with Gasteiger partial charge in [0.15, 0.2) is 0 Å². The molecule has 2 heterocycles. The average Bonchev–Trinajstić information content (AvgIpc) is 2.98. The zero-order chi connectivity index (χ0) is 21.2. The van der Waals surface area contributed by atoms with Gasteiger partial charge >= 0.3 is 11.9 Å². The van der Waals surface area contributed by atoms with Crippen molar-refractivity contribution in [3.05, 3.63) is 46.1 Å². The van der Waals surface area contributed by atoms with Gasteiger partial charge < -0.3 is 5.32 Å². The maximum atomic E-state index is 12.9. The minimum Gasteiger partial charge on any atom is -0.325 e. The summed E-state index contributed by atoms with van der Waals surface area (Å²) in [5.41, 5.74) is 1.13. The topological polar surface area (TPSA) is 72.2 Å². The fraction of sp³-hybridized carbons (Fsp3) is 0.526. The van der Waals surface area contributed by atoms with Gasteiger partial charge in [-0.15, -0.1) is 5.10 Å². The van der Waals surface area contributed by atoms with Crippen molar-refractivity contribution in [1.29, 1.82) is 0 Å². The van der Waals surface area contributed by atoms with Crippen LogP contribution in [-0.4, -0.2) is 44.8 Å². The molecule has 1 aromatic heterocycles. The van der Waals surface area contributed by atoms with Crippen LogP contribution >= 0.6 is 0 Å². The number of hydrogen-bond acceptors (Lipinski definition) is 4. The molecule has 0 radical (unpaired) electrons. The third-order valence-corrected chi connectivity index (χ3v) is 5.17. The van der Waals surface area contributed by atoms with Crippen LogP contribution < -0.4 is 11.0 Å². The Morgan fingerprint density at radius 3 is 2.34 bits per heavy atom. The minimum atomic E-state index is -4.67. The molecule has 1 aromatic carbocycles. The third kappa shape index (κ3) is 4.87. The van der Waals surface area contributed by atoms with E-state index in [9.17, 15) is 22.8 Å². The fourth-order valence-corrected chi connectivity index (χ4v) is 3.49. The number of amides is 1. The highest BCUT2D eigenvalue weighted by Crippen LogP contribution is 2.28. The number of aryl methyl sites for hydroxylation is 1. The smallest absolute Gasteiger partial charge is 0.325 e. The Kier molecular flexibility index (Phi) is 6.11. The number of carbonyl (C=O) groups excluding carboxylic acids is 1. The van der Waals surface area contributed by atoms with Gasteiger partial charge in [0.05, 0.1) is 12.6 Å². The van der Waals surface area contributed by atoms with Crippen LogP contribution in [0.3, 0.4) is 0 Å². The Labute approximate surface area is 166 Å². The number of rotatable bonds is 5. The number of anilines is 1. The molecule has 1 amide bonds. The number of benzene rings is 1. The maximum absolute atomic E-state index is 12.9. The minimum absolute atomic E-state index is 0.151. The molecule has 7 nitrogen and oxygen atoms in total. The molecule has 1 fully saturated rings. The fourth-order valence-electron chi connectivity index (χ4n) is 3.49. The van der Waals surface area contributed by atoms with Crippen molar-refractivity contribution in [1.82, 2.24) is 19.2 Å². The van der Waals surface area contributed by atoms with Crippen molar-refractivity contribution in [3.8, 4) is 0 Å². The number of carbonyl (C=O) groups is 1. The molecule has 29 heavy (non-hydrogen) atoms. The van der Waals surface area contributed by atoms with Gasteiger partial charge in [-0.1, -0.05) is 19.1 Å². The van der Waals surface area contributed by atoms with Crippen LogP contribution in [0.15, 0.2) is 29.1 Å². The Balaban J connectivity index is 1.55. The number of likely N-dealkylation sites (tertiary alicyclic amines) is 1. The molecule has 1 aliphatic rings. The van der Waals surface area contributed by atoms with E-state index in [1.165, 1.54) is 5.56 Å². The summed E-state index contributed by atoms with van der Waals surface area (Å²) >= 11 is 0. The number of halogens is 3. The van der Waals surface area contributed by atoms with Crippen molar-refractivity contribution in [2.45, 2.75) is 38.4 Å². The summed E-state index contributed by atoms with van der Waals surface area (Å²) in [6.45, 7) is 3.24. The summed E-state index contributed by atoms with van der Waals surface area (Å²) in [6.07, 6.45) is -2.85. The average molecular weight is 411 g/mol. The maximum Gasteiger partial charge on any atom is 0.451 e. The van der Waals surface area contributed by atoms with Crippen molar-refractivity contribution in [3.63, 3.8) is 0 Å². The molecule has 1 aliphatic heterocycles. The lowest BCUT2D eigenvalue weighted by molar-refractivity contribution is -0.147. The first kappa shape index (κ1) is 21.1. The number of aromatic nitrogens is 3. The highest BCUT2D eigenvalue weighted by Gasteiger charge is 2.39. The van der Waals surface area contributed by atoms with Gasteiger partial charge in [0, 0.05) is 25.8 Å². The molecule has 0 unspecified atom stereocenters. The molecule has 0 aliphatic carbocycles. The van der Waals surface area contributed by atoms with Gasteiger partial charge in [0.2, 0.25) is 11.7 Å². The van der Waals surface area contributed by atoms with Gasteiger partial charge in [0.1, 0.15) is 0 Å². The molecule has 0 atom stereocenters. The molecular formula is C19H24F3N5O2. The molecule has 0 saturated carbocycles. The van der Waals surface area contributed by atoms with E-state index in [1.807, 2.05) is 29.2 Å². The molecule has 3 rings (SSSR count). The number of alkyl halides is 3. The summed E-state index contributed by atoms with van der Waals surface area (Å²) in [4.78, 5) is 26.3. The van der Waals surface area contributed by atoms with E-state index < -0.39 is 23.7 Å². The van der Waals surface area contributed by atoms with Crippen LogP contribution in [0.25, 0.3) is 0 Å². The van der Waals surface area contributed by atoms with Crippen LogP contribution in [-0.2, 0) is 24.4 Å². The van der Waals surface area contributed by atoms with Crippen LogP contribution in [0, 0.1) is 0 Å². The van der Waals surface area contributed by atoms with Crippen LogP contribution in [0.1, 0.15) is 37.2 Å².